The predicted molar refractivity (Wildman–Crippen MR) is 120 cm³/mol. The summed E-state index contributed by atoms with van der Waals surface area (Å²) in [5.74, 6) is -1.19. The molecule has 0 aliphatic heterocycles. The highest BCUT2D eigenvalue weighted by Crippen LogP contribution is 2.23. The number of ketones is 1. The maximum atomic E-state index is 12.5. The zero-order valence-corrected chi connectivity index (χ0v) is 18.4. The van der Waals surface area contributed by atoms with E-state index in [-0.39, 0.29) is 17.8 Å². The van der Waals surface area contributed by atoms with Gasteiger partial charge in [-0.1, -0.05) is 72.9 Å². The largest absolute Gasteiger partial charge is 0.358 e. The van der Waals surface area contributed by atoms with Gasteiger partial charge in [0.2, 0.25) is 0 Å². The number of hydrogen-bond donors (Lipinski definition) is 1. The third-order valence-electron chi connectivity index (χ3n) is 4.08. The summed E-state index contributed by atoms with van der Waals surface area (Å²) in [4.78, 5) is 16.0. The van der Waals surface area contributed by atoms with E-state index in [1.807, 2.05) is 60.7 Å². The number of Topliss-reactive ketones (excluding diaryl/α,β-unsaturated/α-hetero) is 1. The summed E-state index contributed by atoms with van der Waals surface area (Å²) in [5, 5.41) is -0.376. The molecule has 0 bridgehead atoms. The van der Waals surface area contributed by atoms with Gasteiger partial charge in [-0.15, -0.1) is 0 Å². The molecule has 0 heterocycles. The Labute approximate surface area is 177 Å². The van der Waals surface area contributed by atoms with Crippen LogP contribution in [-0.4, -0.2) is 61.3 Å². The smallest absolute Gasteiger partial charge is 0.170 e. The lowest BCUT2D eigenvalue weighted by molar-refractivity contribution is -0.116. The number of likely N-dealkylation sites (N-methyl/N-ethyl adjacent to an activating group) is 1. The van der Waals surface area contributed by atoms with Crippen LogP contribution in [0, 0.1) is 0 Å². The summed E-state index contributed by atoms with van der Waals surface area (Å²) in [6.07, 6.45) is 0. The Kier molecular flexibility index (Phi) is 8.18. The van der Waals surface area contributed by atoms with Crippen molar-refractivity contribution in [3.8, 4) is 0 Å². The Hall–Kier alpha value is -1.74. The summed E-state index contributed by atoms with van der Waals surface area (Å²) in [6, 6.07) is 18.7. The first-order valence-corrected chi connectivity index (χ1v) is 11.4. The molecule has 1 unspecified atom stereocenters. The second-order valence-electron chi connectivity index (χ2n) is 6.62. The summed E-state index contributed by atoms with van der Waals surface area (Å²) in [5.41, 5.74) is 1.71. The lowest BCUT2D eigenvalue weighted by atomic mass is 10.2. The number of carbonyl (C=O) groups excluding carboxylic acids is 1. The Morgan fingerprint density at radius 2 is 1.57 bits per heavy atom. The van der Waals surface area contributed by atoms with Crippen LogP contribution in [0.5, 0.6) is 0 Å². The average molecular weight is 437 g/mol. The number of hydrogen-bond acceptors (Lipinski definition) is 6. The molecule has 0 spiro atoms. The van der Waals surface area contributed by atoms with Gasteiger partial charge in [-0.2, -0.15) is 12.6 Å². The van der Waals surface area contributed by atoms with Crippen LogP contribution in [0.4, 0.5) is 0 Å². The number of nitrogens with zero attached hydrogens (tertiary/aromatic N) is 2. The lowest BCUT2D eigenvalue weighted by Crippen LogP contribution is -2.36. The molecule has 0 saturated heterocycles. The Morgan fingerprint density at radius 1 is 1.04 bits per heavy atom. The van der Waals surface area contributed by atoms with Crippen molar-refractivity contribution in [1.82, 2.24) is 9.80 Å². The molecule has 8 heteroatoms. The molecular weight excluding hydrogens is 412 g/mol. The van der Waals surface area contributed by atoms with Gasteiger partial charge in [0.25, 0.3) is 0 Å². The van der Waals surface area contributed by atoms with Gasteiger partial charge in [0.05, 0.1) is 11.9 Å². The van der Waals surface area contributed by atoms with E-state index >= 15 is 0 Å². The number of carbonyl (C=O) groups is 1. The molecule has 5 nitrogen and oxygen atoms in total. The van der Waals surface area contributed by atoms with Gasteiger partial charge in [-0.05, 0) is 12.6 Å². The van der Waals surface area contributed by atoms with Gasteiger partial charge in [-0.3, -0.25) is 9.69 Å². The van der Waals surface area contributed by atoms with Crippen molar-refractivity contribution in [3.05, 3.63) is 71.8 Å². The molecule has 0 aliphatic rings. The van der Waals surface area contributed by atoms with Gasteiger partial charge in [0.15, 0.2) is 15.6 Å². The molecule has 28 heavy (non-hydrogen) atoms. The first-order valence-electron chi connectivity index (χ1n) is 8.65. The van der Waals surface area contributed by atoms with Crippen molar-refractivity contribution in [2.24, 2.45) is 0 Å². The van der Waals surface area contributed by atoms with Crippen LogP contribution >= 0.6 is 24.8 Å². The Morgan fingerprint density at radius 3 is 2.14 bits per heavy atom. The fourth-order valence-corrected chi connectivity index (χ4v) is 4.74. The normalized spacial score (nSPS) is 12.6. The van der Waals surface area contributed by atoms with Crippen molar-refractivity contribution in [1.29, 1.82) is 0 Å². The number of thiol groups is 1. The maximum absolute atomic E-state index is 12.5. The van der Waals surface area contributed by atoms with Crippen molar-refractivity contribution in [3.63, 3.8) is 0 Å². The molecule has 0 aliphatic carbocycles. The highest BCUT2D eigenvalue weighted by atomic mass is 32.2. The van der Waals surface area contributed by atoms with Crippen LogP contribution < -0.4 is 0 Å². The first-order chi connectivity index (χ1) is 13.2. The summed E-state index contributed by atoms with van der Waals surface area (Å²) >= 11 is 9.86. The van der Waals surface area contributed by atoms with Crippen LogP contribution in [-0.2, 0) is 14.6 Å². The standard InChI is InChI=1S/C20H24N2O3S3/c1-21(19(26)16-9-5-3-6-10-16)13-18(23)14-28(24,25)15-22(2)20(27)17-11-7-4-8-12-17/h3-12,20,27H,13-15H2,1-2H3. The van der Waals surface area contributed by atoms with E-state index < -0.39 is 21.4 Å². The molecular formula is C20H24N2O3S3. The second kappa shape index (κ2) is 10.2. The molecule has 0 fully saturated rings. The summed E-state index contributed by atoms with van der Waals surface area (Å²) < 4.78 is 24.9. The van der Waals surface area contributed by atoms with E-state index in [4.69, 9.17) is 12.2 Å². The van der Waals surface area contributed by atoms with E-state index in [0.717, 1.165) is 11.1 Å². The van der Waals surface area contributed by atoms with E-state index in [2.05, 4.69) is 12.6 Å². The number of rotatable bonds is 9. The fraction of sp³-hybridized carbons (Fsp3) is 0.300. The molecule has 150 valence electrons. The minimum Gasteiger partial charge on any atom is -0.358 e. The van der Waals surface area contributed by atoms with E-state index in [1.165, 1.54) is 0 Å². The van der Waals surface area contributed by atoms with E-state index in [1.54, 1.807) is 23.9 Å². The van der Waals surface area contributed by atoms with Crippen LogP contribution in [0.2, 0.25) is 0 Å². The summed E-state index contributed by atoms with van der Waals surface area (Å²) in [6.45, 7) is -0.0559. The molecule has 1 atom stereocenters. The molecule has 0 amide bonds. The quantitative estimate of drug-likeness (QED) is 0.371. The van der Waals surface area contributed by atoms with Gasteiger partial charge < -0.3 is 4.90 Å². The van der Waals surface area contributed by atoms with Crippen molar-refractivity contribution in [2.45, 2.75) is 5.37 Å². The zero-order valence-electron chi connectivity index (χ0n) is 15.9. The molecule has 0 saturated carbocycles. The minimum atomic E-state index is -3.61. The van der Waals surface area contributed by atoms with Crippen molar-refractivity contribution < 1.29 is 13.2 Å². The lowest BCUT2D eigenvalue weighted by Gasteiger charge is -2.24. The number of thiocarbonyl (C=S) groups is 1. The topological polar surface area (TPSA) is 57.7 Å². The zero-order chi connectivity index (χ0) is 20.7. The third-order valence-corrected chi connectivity index (χ3v) is 6.88. The van der Waals surface area contributed by atoms with Crippen molar-refractivity contribution >= 4 is 45.5 Å². The highest BCUT2D eigenvalue weighted by molar-refractivity contribution is 7.92. The van der Waals surface area contributed by atoms with Gasteiger partial charge in [-0.25, -0.2) is 8.42 Å². The van der Waals surface area contributed by atoms with Crippen molar-refractivity contribution in [2.75, 3.05) is 32.3 Å². The molecule has 2 rings (SSSR count). The van der Waals surface area contributed by atoms with E-state index in [9.17, 15) is 13.2 Å². The van der Waals surface area contributed by atoms with Gasteiger partial charge in [0, 0.05) is 12.6 Å². The van der Waals surface area contributed by atoms with E-state index in [0.29, 0.717) is 4.99 Å². The molecule has 2 aromatic rings. The maximum Gasteiger partial charge on any atom is 0.170 e. The first kappa shape index (κ1) is 22.5. The van der Waals surface area contributed by atoms with Crippen LogP contribution in [0.25, 0.3) is 0 Å². The van der Waals surface area contributed by atoms with Crippen LogP contribution in [0.15, 0.2) is 60.7 Å². The van der Waals surface area contributed by atoms with Gasteiger partial charge >= 0.3 is 0 Å². The minimum absolute atomic E-state index is 0.0559. The molecule has 0 radical (unpaired) electrons. The Balaban J connectivity index is 1.92. The van der Waals surface area contributed by atoms with Gasteiger partial charge in [0.1, 0.15) is 16.6 Å². The SMILES string of the molecule is CN(CC(=O)CS(=O)(=O)CN(C)C(S)c1ccccc1)C(=S)c1ccccc1. The Bertz CT molecular complexity index is 903. The summed E-state index contributed by atoms with van der Waals surface area (Å²) in [7, 11) is -0.256. The fourth-order valence-electron chi connectivity index (χ4n) is 2.73. The number of sulfone groups is 1. The number of benzene rings is 2. The highest BCUT2D eigenvalue weighted by Gasteiger charge is 2.23. The predicted octanol–water partition coefficient (Wildman–Crippen LogP) is 2.80. The molecule has 2 aromatic carbocycles. The monoisotopic (exact) mass is 436 g/mol. The second-order valence-corrected chi connectivity index (χ2v) is 9.53. The third kappa shape index (κ3) is 6.70. The molecule has 0 aromatic heterocycles. The average Bonchev–Trinajstić information content (AvgIpc) is 2.67. The van der Waals surface area contributed by atoms with Crippen LogP contribution in [0.3, 0.4) is 0 Å². The molecule has 0 N–H and O–H groups in total. The van der Waals surface area contributed by atoms with Crippen LogP contribution in [0.1, 0.15) is 16.5 Å².